The number of halogens is 2. The van der Waals surface area contributed by atoms with Crippen molar-refractivity contribution in [2.75, 3.05) is 17.2 Å². The van der Waals surface area contributed by atoms with E-state index in [2.05, 4.69) is 25.6 Å². The fourth-order valence-electron chi connectivity index (χ4n) is 2.14. The van der Waals surface area contributed by atoms with Gasteiger partial charge in [0.05, 0.1) is 16.4 Å². The van der Waals surface area contributed by atoms with Crippen LogP contribution in [0.4, 0.5) is 21.8 Å². The Balaban J connectivity index is 1.99. The van der Waals surface area contributed by atoms with Crippen molar-refractivity contribution in [1.82, 2.24) is 15.0 Å². The number of anilines is 3. The number of nitrogens with one attached hydrogen (secondary N) is 2. The summed E-state index contributed by atoms with van der Waals surface area (Å²) in [5.41, 5.74) is 2.15. The first-order valence-electron chi connectivity index (χ1n) is 7.41. The Morgan fingerprint density at radius 1 is 1.17 bits per heavy atom. The molecule has 2 heterocycles. The van der Waals surface area contributed by atoms with Crippen LogP contribution in [0, 0.1) is 5.82 Å². The van der Waals surface area contributed by atoms with Crippen molar-refractivity contribution in [2.24, 2.45) is 0 Å². The van der Waals surface area contributed by atoms with Crippen molar-refractivity contribution in [1.29, 1.82) is 0 Å². The van der Waals surface area contributed by atoms with Crippen LogP contribution in [-0.4, -0.2) is 21.5 Å². The van der Waals surface area contributed by atoms with Gasteiger partial charge in [-0.2, -0.15) is 4.98 Å². The van der Waals surface area contributed by atoms with Gasteiger partial charge in [0.2, 0.25) is 5.95 Å². The predicted octanol–water partition coefficient (Wildman–Crippen LogP) is 4.51. The van der Waals surface area contributed by atoms with Gasteiger partial charge in [-0.25, -0.2) is 9.37 Å². The number of benzene rings is 1. The van der Waals surface area contributed by atoms with Crippen molar-refractivity contribution >= 4 is 29.1 Å². The Hall–Kier alpha value is -2.73. The summed E-state index contributed by atoms with van der Waals surface area (Å²) in [6, 6.07) is 9.70. The number of aromatic nitrogens is 3. The van der Waals surface area contributed by atoms with Gasteiger partial charge in [-0.1, -0.05) is 11.6 Å². The second-order valence-electron chi connectivity index (χ2n) is 4.98. The molecule has 24 heavy (non-hydrogen) atoms. The van der Waals surface area contributed by atoms with Crippen molar-refractivity contribution in [3.63, 3.8) is 0 Å². The lowest BCUT2D eigenvalue weighted by Crippen LogP contribution is -2.05. The third-order valence-electron chi connectivity index (χ3n) is 3.21. The number of hydrogen-bond acceptors (Lipinski definition) is 5. The van der Waals surface area contributed by atoms with Gasteiger partial charge in [-0.05, 0) is 37.3 Å². The molecule has 0 aliphatic rings. The topological polar surface area (TPSA) is 62.7 Å². The van der Waals surface area contributed by atoms with Crippen LogP contribution in [0.25, 0.3) is 11.3 Å². The molecule has 1 aromatic carbocycles. The molecular weight excluding hydrogens is 329 g/mol. The minimum atomic E-state index is -0.391. The van der Waals surface area contributed by atoms with E-state index in [9.17, 15) is 4.39 Å². The summed E-state index contributed by atoms with van der Waals surface area (Å²) in [7, 11) is 0. The number of rotatable bonds is 5. The monoisotopic (exact) mass is 343 g/mol. The van der Waals surface area contributed by atoms with E-state index >= 15 is 0 Å². The van der Waals surface area contributed by atoms with E-state index in [1.54, 1.807) is 24.5 Å². The normalized spacial score (nSPS) is 10.5. The highest BCUT2D eigenvalue weighted by molar-refractivity contribution is 6.33. The van der Waals surface area contributed by atoms with E-state index in [4.69, 9.17) is 11.6 Å². The molecule has 0 fully saturated rings. The Kier molecular flexibility index (Phi) is 4.86. The molecule has 0 spiro atoms. The van der Waals surface area contributed by atoms with Gasteiger partial charge in [-0.15, -0.1) is 0 Å². The molecule has 2 aromatic heterocycles. The van der Waals surface area contributed by atoms with Gasteiger partial charge in [0.25, 0.3) is 0 Å². The van der Waals surface area contributed by atoms with E-state index in [1.165, 1.54) is 12.1 Å². The van der Waals surface area contributed by atoms with Gasteiger partial charge < -0.3 is 10.6 Å². The minimum absolute atomic E-state index is 0.279. The molecule has 0 saturated carbocycles. The first-order valence-corrected chi connectivity index (χ1v) is 7.79. The molecule has 7 heteroatoms. The molecule has 3 rings (SSSR count). The van der Waals surface area contributed by atoms with E-state index < -0.39 is 5.82 Å². The van der Waals surface area contributed by atoms with Crippen LogP contribution in [-0.2, 0) is 0 Å². The van der Waals surface area contributed by atoms with Crippen molar-refractivity contribution in [2.45, 2.75) is 6.92 Å². The largest absolute Gasteiger partial charge is 0.354 e. The van der Waals surface area contributed by atoms with Gasteiger partial charge in [0.1, 0.15) is 11.6 Å². The lowest BCUT2D eigenvalue weighted by molar-refractivity contribution is 0.628. The lowest BCUT2D eigenvalue weighted by atomic mass is 10.2. The van der Waals surface area contributed by atoms with Gasteiger partial charge in [0.15, 0.2) is 0 Å². The van der Waals surface area contributed by atoms with E-state index in [-0.39, 0.29) is 5.02 Å². The molecule has 0 aliphatic heterocycles. The van der Waals surface area contributed by atoms with Crippen molar-refractivity contribution in [3.8, 4) is 11.3 Å². The minimum Gasteiger partial charge on any atom is -0.354 e. The maximum Gasteiger partial charge on any atom is 0.225 e. The van der Waals surface area contributed by atoms with Crippen LogP contribution in [0.5, 0.6) is 0 Å². The molecule has 0 amide bonds. The Bertz CT molecular complexity index is 842. The summed E-state index contributed by atoms with van der Waals surface area (Å²) < 4.78 is 13.2. The van der Waals surface area contributed by atoms with E-state index in [0.29, 0.717) is 24.0 Å². The Labute approximate surface area is 144 Å². The first-order chi connectivity index (χ1) is 11.7. The molecule has 2 N–H and O–H groups in total. The summed E-state index contributed by atoms with van der Waals surface area (Å²) in [5, 5.41) is 6.47. The number of nitrogens with zero attached hydrogens (tertiary/aromatic N) is 3. The summed E-state index contributed by atoms with van der Waals surface area (Å²) in [6.45, 7) is 2.65. The van der Waals surface area contributed by atoms with Gasteiger partial charge in [-0.3, -0.25) is 4.98 Å². The van der Waals surface area contributed by atoms with Crippen LogP contribution in [0.3, 0.4) is 0 Å². The average molecular weight is 344 g/mol. The second kappa shape index (κ2) is 7.23. The number of pyridine rings is 1. The highest BCUT2D eigenvalue weighted by atomic mass is 35.5. The average Bonchev–Trinajstić information content (AvgIpc) is 2.58. The maximum atomic E-state index is 13.2. The molecule has 3 aromatic rings. The third kappa shape index (κ3) is 3.78. The molecule has 0 atom stereocenters. The zero-order valence-electron chi connectivity index (χ0n) is 12.9. The van der Waals surface area contributed by atoms with Crippen LogP contribution in [0.1, 0.15) is 6.92 Å². The SMILES string of the molecule is CCNc1nc(Nc2ccc(F)cc2Cl)cc(-c2cccnc2)n1. The molecule has 0 bridgehead atoms. The van der Waals surface area contributed by atoms with Gasteiger partial charge in [0, 0.05) is 30.6 Å². The van der Waals surface area contributed by atoms with Crippen molar-refractivity contribution in [3.05, 3.63) is 59.6 Å². The Morgan fingerprint density at radius 3 is 2.75 bits per heavy atom. The van der Waals surface area contributed by atoms with Crippen LogP contribution in [0.15, 0.2) is 48.8 Å². The fraction of sp³-hybridized carbons (Fsp3) is 0.118. The molecule has 5 nitrogen and oxygen atoms in total. The smallest absolute Gasteiger partial charge is 0.225 e. The molecule has 0 saturated heterocycles. The molecule has 0 aliphatic carbocycles. The van der Waals surface area contributed by atoms with Gasteiger partial charge >= 0.3 is 0 Å². The summed E-state index contributed by atoms with van der Waals surface area (Å²) in [6.07, 6.45) is 3.43. The Morgan fingerprint density at radius 2 is 2.04 bits per heavy atom. The quantitative estimate of drug-likeness (QED) is 0.713. The summed E-state index contributed by atoms with van der Waals surface area (Å²) in [4.78, 5) is 13.0. The van der Waals surface area contributed by atoms with Crippen LogP contribution in [0.2, 0.25) is 5.02 Å². The highest BCUT2D eigenvalue weighted by Gasteiger charge is 2.09. The summed E-state index contributed by atoms with van der Waals surface area (Å²) in [5.74, 6) is 0.644. The number of hydrogen-bond donors (Lipinski definition) is 2. The fourth-order valence-corrected chi connectivity index (χ4v) is 2.35. The predicted molar refractivity (Wildman–Crippen MR) is 94.1 cm³/mol. The van der Waals surface area contributed by atoms with E-state index in [1.807, 2.05) is 19.1 Å². The van der Waals surface area contributed by atoms with Crippen molar-refractivity contribution < 1.29 is 4.39 Å². The second-order valence-corrected chi connectivity index (χ2v) is 5.39. The molecule has 0 radical (unpaired) electrons. The standard InChI is InChI=1S/C17H15ClFN5/c1-2-21-17-23-15(11-4-3-7-20-10-11)9-16(24-17)22-14-6-5-12(19)8-13(14)18/h3-10H,2H2,1H3,(H2,21,22,23,24). The molecular formula is C17H15ClFN5. The van der Waals surface area contributed by atoms with E-state index in [0.717, 1.165) is 11.3 Å². The zero-order valence-corrected chi connectivity index (χ0v) is 13.7. The molecule has 0 unspecified atom stereocenters. The highest BCUT2D eigenvalue weighted by Crippen LogP contribution is 2.27. The first kappa shape index (κ1) is 16.1. The molecule has 122 valence electrons. The van der Waals surface area contributed by atoms with Crippen LogP contribution < -0.4 is 10.6 Å². The zero-order chi connectivity index (χ0) is 16.9. The maximum absolute atomic E-state index is 13.2. The third-order valence-corrected chi connectivity index (χ3v) is 3.52. The lowest BCUT2D eigenvalue weighted by Gasteiger charge is -2.11. The van der Waals surface area contributed by atoms with Crippen LogP contribution >= 0.6 is 11.6 Å². The summed E-state index contributed by atoms with van der Waals surface area (Å²) >= 11 is 6.07.